The van der Waals surface area contributed by atoms with Gasteiger partial charge in [-0.25, -0.2) is 14.8 Å². The van der Waals surface area contributed by atoms with Gasteiger partial charge in [-0.1, -0.05) is 0 Å². The maximum absolute atomic E-state index is 10.6. The fourth-order valence-corrected chi connectivity index (χ4v) is 3.97. The third-order valence-corrected chi connectivity index (χ3v) is 5.65. The number of halogens is 3. The predicted octanol–water partition coefficient (Wildman–Crippen LogP) is 1.78. The van der Waals surface area contributed by atoms with E-state index in [-0.39, 0.29) is 6.10 Å². The number of aryl methyl sites for hydroxylation is 1. The second-order valence-electron chi connectivity index (χ2n) is 7.95. The summed E-state index contributed by atoms with van der Waals surface area (Å²) >= 11 is 0. The van der Waals surface area contributed by atoms with E-state index in [9.17, 15) is 13.2 Å². The summed E-state index contributed by atoms with van der Waals surface area (Å²) in [4.78, 5) is 19.6. The molecule has 5 rings (SSSR count). The van der Waals surface area contributed by atoms with Crippen LogP contribution in [0.15, 0.2) is 30.7 Å². The number of rotatable bonds is 5. The number of carbonyl (C=O) groups is 1. The van der Waals surface area contributed by atoms with Gasteiger partial charge >= 0.3 is 18.2 Å². The third kappa shape index (κ3) is 5.50. The van der Waals surface area contributed by atoms with Gasteiger partial charge in [0.1, 0.15) is 12.1 Å². The Hall–Kier alpha value is -3.55. The Morgan fingerprint density at radius 1 is 1.29 bits per heavy atom. The molecule has 0 spiro atoms. The first-order valence-electron chi connectivity index (χ1n) is 10.5. The summed E-state index contributed by atoms with van der Waals surface area (Å²) in [5.74, 6) is -0.857. The zero-order chi connectivity index (χ0) is 24.3. The van der Waals surface area contributed by atoms with Crippen molar-refractivity contribution in [2.24, 2.45) is 11.8 Å². The van der Waals surface area contributed by atoms with Gasteiger partial charge in [0.05, 0.1) is 19.3 Å². The molecule has 182 valence electrons. The van der Waals surface area contributed by atoms with Crippen LogP contribution in [0.25, 0.3) is 5.65 Å². The van der Waals surface area contributed by atoms with Gasteiger partial charge in [-0.2, -0.15) is 17.7 Å². The van der Waals surface area contributed by atoms with Gasteiger partial charge in [0.2, 0.25) is 0 Å². The molecule has 0 radical (unpaired) electrons. The summed E-state index contributed by atoms with van der Waals surface area (Å²) in [5.41, 5.74) is 1.66. The topological polar surface area (TPSA) is 128 Å². The minimum absolute atomic E-state index is 0.253. The second-order valence-corrected chi connectivity index (χ2v) is 7.95. The molecule has 2 saturated heterocycles. The molecule has 5 heterocycles. The minimum atomic E-state index is -5.08. The number of fused-ring (bicyclic) bond motifs is 2. The fraction of sp³-hybridized carbons (Fsp3) is 0.500. The Kier molecular flexibility index (Phi) is 6.77. The Bertz CT molecular complexity index is 1140. The number of hydrogen-bond acceptors (Lipinski definition) is 9. The van der Waals surface area contributed by atoms with Crippen molar-refractivity contribution in [3.8, 4) is 6.01 Å². The van der Waals surface area contributed by atoms with E-state index < -0.39 is 12.1 Å². The summed E-state index contributed by atoms with van der Waals surface area (Å²) < 4.78 is 45.2. The van der Waals surface area contributed by atoms with E-state index in [2.05, 4.69) is 30.2 Å². The normalized spacial score (nSPS) is 21.8. The van der Waals surface area contributed by atoms with E-state index in [4.69, 9.17) is 19.4 Å². The molecule has 34 heavy (non-hydrogen) atoms. The molecule has 0 aromatic carbocycles. The monoisotopic (exact) mass is 481 g/mol. The molecule has 0 aliphatic carbocycles. The number of alkyl halides is 3. The first-order chi connectivity index (χ1) is 16.2. The van der Waals surface area contributed by atoms with E-state index >= 15 is 0 Å². The van der Waals surface area contributed by atoms with Crippen molar-refractivity contribution in [3.63, 3.8) is 0 Å². The number of nitrogens with zero attached hydrogens (tertiary/aromatic N) is 7. The fourth-order valence-electron chi connectivity index (χ4n) is 3.97. The van der Waals surface area contributed by atoms with Crippen molar-refractivity contribution in [2.75, 3.05) is 31.2 Å². The Balaban J connectivity index is 0.000000344. The average molecular weight is 481 g/mol. The van der Waals surface area contributed by atoms with Crippen LogP contribution < -0.4 is 9.64 Å². The largest absolute Gasteiger partial charge is 0.490 e. The number of aliphatic carboxylic acids is 1. The third-order valence-electron chi connectivity index (χ3n) is 5.65. The number of carboxylic acid groups (broad SMARTS) is 1. The van der Waals surface area contributed by atoms with Gasteiger partial charge in [-0.3, -0.25) is 0 Å². The molecule has 2 aliphatic rings. The lowest BCUT2D eigenvalue weighted by molar-refractivity contribution is -0.192. The lowest BCUT2D eigenvalue weighted by Crippen LogP contribution is -2.26. The summed E-state index contributed by atoms with van der Waals surface area (Å²) in [5, 5.41) is 19.6. The molecule has 2 fully saturated rings. The van der Waals surface area contributed by atoms with Gasteiger partial charge in [0, 0.05) is 30.9 Å². The predicted molar refractivity (Wildman–Crippen MR) is 110 cm³/mol. The molecule has 1 N–H and O–H groups in total. The average Bonchev–Trinajstić information content (AvgIpc) is 3.49. The van der Waals surface area contributed by atoms with Crippen LogP contribution in [0.4, 0.5) is 19.0 Å². The first kappa shape index (κ1) is 23.6. The van der Waals surface area contributed by atoms with Gasteiger partial charge in [0.15, 0.2) is 5.65 Å². The van der Waals surface area contributed by atoms with E-state index in [0.29, 0.717) is 24.5 Å². The van der Waals surface area contributed by atoms with Crippen LogP contribution in [-0.4, -0.2) is 79.4 Å². The molecule has 0 saturated carbocycles. The zero-order valence-electron chi connectivity index (χ0n) is 18.1. The van der Waals surface area contributed by atoms with E-state index in [0.717, 1.165) is 43.3 Å². The van der Waals surface area contributed by atoms with Crippen molar-refractivity contribution in [1.82, 2.24) is 29.8 Å². The zero-order valence-corrected chi connectivity index (χ0v) is 18.1. The standard InChI is InChI=1S/C18H21N7O2.C2HF3O2/c1-12-4-6-19-18(21-12)26-7-5-13-10-27-15-9-24(8-14(13)15)17-3-2-16-22-20-11-25(16)23-17;3-2(4,5)1(6)7/h2-4,6,11,13-15H,5,7-10H2,1H3;(H,6,7)/t13-,14-,15-;/m0./s1. The molecule has 3 aromatic rings. The second kappa shape index (κ2) is 9.75. The van der Waals surface area contributed by atoms with Crippen molar-refractivity contribution in [1.29, 1.82) is 0 Å². The maximum atomic E-state index is 10.6. The molecular formula is C20H22F3N7O4. The van der Waals surface area contributed by atoms with Crippen molar-refractivity contribution in [3.05, 3.63) is 36.4 Å². The molecule has 3 aromatic heterocycles. The van der Waals surface area contributed by atoms with E-state index in [1.54, 1.807) is 17.0 Å². The highest BCUT2D eigenvalue weighted by Gasteiger charge is 2.44. The highest BCUT2D eigenvalue weighted by molar-refractivity contribution is 5.73. The highest BCUT2D eigenvalue weighted by atomic mass is 19.4. The molecule has 14 heteroatoms. The van der Waals surface area contributed by atoms with Gasteiger partial charge in [-0.15, -0.1) is 15.3 Å². The van der Waals surface area contributed by atoms with Crippen LogP contribution in [0.5, 0.6) is 6.01 Å². The molecule has 0 unspecified atom stereocenters. The summed E-state index contributed by atoms with van der Waals surface area (Å²) in [6.07, 6.45) is -0.547. The Morgan fingerprint density at radius 3 is 2.82 bits per heavy atom. The minimum Gasteiger partial charge on any atom is -0.475 e. The van der Waals surface area contributed by atoms with Crippen LogP contribution in [0.2, 0.25) is 0 Å². The number of hydrogen-bond donors (Lipinski definition) is 1. The number of anilines is 1. The molecular weight excluding hydrogens is 459 g/mol. The lowest BCUT2D eigenvalue weighted by atomic mass is 9.91. The van der Waals surface area contributed by atoms with Crippen LogP contribution in [0, 0.1) is 18.8 Å². The van der Waals surface area contributed by atoms with Crippen molar-refractivity contribution in [2.45, 2.75) is 25.6 Å². The lowest BCUT2D eigenvalue weighted by Gasteiger charge is -2.20. The van der Waals surface area contributed by atoms with Crippen molar-refractivity contribution >= 4 is 17.4 Å². The smallest absolute Gasteiger partial charge is 0.475 e. The summed E-state index contributed by atoms with van der Waals surface area (Å²) in [6, 6.07) is 6.25. The summed E-state index contributed by atoms with van der Waals surface area (Å²) in [7, 11) is 0. The highest BCUT2D eigenvalue weighted by Crippen LogP contribution is 2.37. The maximum Gasteiger partial charge on any atom is 0.490 e. The molecule has 3 atom stereocenters. The first-order valence-corrected chi connectivity index (χ1v) is 10.5. The number of carboxylic acids is 1. The molecule has 11 nitrogen and oxygen atoms in total. The molecule has 0 amide bonds. The molecule has 0 bridgehead atoms. The van der Waals surface area contributed by atoms with Gasteiger partial charge in [0.25, 0.3) is 0 Å². The summed E-state index contributed by atoms with van der Waals surface area (Å²) in [6.45, 7) is 5.13. The number of ether oxygens (including phenoxy) is 2. The van der Waals surface area contributed by atoms with Crippen LogP contribution in [-0.2, 0) is 9.53 Å². The van der Waals surface area contributed by atoms with E-state index in [1.165, 1.54) is 0 Å². The van der Waals surface area contributed by atoms with Gasteiger partial charge in [-0.05, 0) is 37.5 Å². The Labute approximate surface area is 191 Å². The Morgan fingerprint density at radius 2 is 2.09 bits per heavy atom. The quantitative estimate of drug-likeness (QED) is 0.576. The molecule has 2 aliphatic heterocycles. The van der Waals surface area contributed by atoms with Crippen LogP contribution >= 0.6 is 0 Å². The van der Waals surface area contributed by atoms with Crippen molar-refractivity contribution < 1.29 is 32.5 Å². The van der Waals surface area contributed by atoms with Gasteiger partial charge < -0.3 is 19.5 Å². The SMILES string of the molecule is Cc1ccnc(OCC[C@H]2CO[C@H]3CN(c4ccc5nncn5n4)C[C@@H]23)n1.O=C(O)C(F)(F)F. The van der Waals surface area contributed by atoms with Crippen LogP contribution in [0.3, 0.4) is 0 Å². The van der Waals surface area contributed by atoms with E-state index in [1.807, 2.05) is 25.1 Å². The number of aromatic nitrogens is 6. The van der Waals surface area contributed by atoms with Crippen LogP contribution in [0.1, 0.15) is 12.1 Å².